The largest absolute Gasteiger partial charge is 0.363 e. The Morgan fingerprint density at radius 1 is 1.53 bits per heavy atom. The third-order valence-corrected chi connectivity index (χ3v) is 2.52. The monoisotopic (exact) mass is 205 g/mol. The van der Waals surface area contributed by atoms with E-state index < -0.39 is 0 Å². The van der Waals surface area contributed by atoms with Crippen LogP contribution >= 0.6 is 0 Å². The van der Waals surface area contributed by atoms with Crippen LogP contribution in [-0.2, 0) is 0 Å². The zero-order chi connectivity index (χ0) is 10.7. The van der Waals surface area contributed by atoms with Crippen molar-refractivity contribution in [2.24, 2.45) is 4.99 Å². The summed E-state index contributed by atoms with van der Waals surface area (Å²) >= 11 is 0. The van der Waals surface area contributed by atoms with Crippen molar-refractivity contribution in [1.82, 2.24) is 4.98 Å². The van der Waals surface area contributed by atoms with Crippen molar-refractivity contribution >= 4 is 17.7 Å². The second-order valence-corrected chi connectivity index (χ2v) is 3.67. The van der Waals surface area contributed by atoms with Gasteiger partial charge in [-0.25, -0.2) is 4.99 Å². The molecule has 0 saturated heterocycles. The van der Waals surface area contributed by atoms with Gasteiger partial charge in [-0.15, -0.1) is 0 Å². The van der Waals surface area contributed by atoms with Gasteiger partial charge < -0.3 is 9.88 Å². The predicted octanol–water partition coefficient (Wildman–Crippen LogP) is 1.70. The summed E-state index contributed by atoms with van der Waals surface area (Å²) in [5.74, 6) is 0.685. The number of nitrogens with one attached hydrogen (secondary N) is 1. The quantitative estimate of drug-likeness (QED) is 0.816. The Kier molecular flexibility index (Phi) is 2.85. The van der Waals surface area contributed by atoms with Crippen molar-refractivity contribution < 1.29 is 0 Å². The molecule has 4 heteroatoms. The van der Waals surface area contributed by atoms with Gasteiger partial charge in [-0.2, -0.15) is 0 Å². The lowest BCUT2D eigenvalue weighted by Crippen LogP contribution is -2.29. The number of aromatic amines is 1. The molecule has 0 amide bonds. The first-order chi connectivity index (χ1) is 7.31. The number of rotatable bonds is 3. The molecule has 0 aromatic carbocycles. The van der Waals surface area contributed by atoms with Gasteiger partial charge >= 0.3 is 0 Å². The second-order valence-electron chi connectivity index (χ2n) is 3.67. The van der Waals surface area contributed by atoms with Crippen LogP contribution in [0.5, 0.6) is 0 Å². The SMILES string of the molecule is CCCCN1CC=Nc2[nH]c(=O)ccc21. The molecule has 0 saturated carbocycles. The maximum atomic E-state index is 11.1. The summed E-state index contributed by atoms with van der Waals surface area (Å²) in [4.78, 5) is 20.3. The van der Waals surface area contributed by atoms with E-state index in [9.17, 15) is 4.79 Å². The number of hydrogen-bond donors (Lipinski definition) is 1. The molecular weight excluding hydrogens is 190 g/mol. The van der Waals surface area contributed by atoms with E-state index in [0.717, 1.165) is 25.2 Å². The van der Waals surface area contributed by atoms with Crippen LogP contribution in [0.2, 0.25) is 0 Å². The van der Waals surface area contributed by atoms with Gasteiger partial charge in [0, 0.05) is 18.8 Å². The smallest absolute Gasteiger partial charge is 0.249 e. The minimum atomic E-state index is -0.0942. The van der Waals surface area contributed by atoms with Crippen LogP contribution in [0.3, 0.4) is 0 Å². The lowest BCUT2D eigenvalue weighted by Gasteiger charge is -2.26. The van der Waals surface area contributed by atoms with Gasteiger partial charge in [0.05, 0.1) is 12.2 Å². The standard InChI is InChI=1S/C11H15N3O/c1-2-3-7-14-8-6-12-11-9(14)4-5-10(15)13-11/h4-6H,2-3,7-8H2,1H3,(H,13,15). The highest BCUT2D eigenvalue weighted by molar-refractivity contribution is 5.79. The van der Waals surface area contributed by atoms with Crippen molar-refractivity contribution in [2.45, 2.75) is 19.8 Å². The van der Waals surface area contributed by atoms with Gasteiger partial charge in [0.2, 0.25) is 5.56 Å². The van der Waals surface area contributed by atoms with Crippen LogP contribution in [0.25, 0.3) is 0 Å². The Balaban J connectivity index is 2.27. The number of aromatic nitrogens is 1. The van der Waals surface area contributed by atoms with E-state index in [-0.39, 0.29) is 5.56 Å². The minimum Gasteiger partial charge on any atom is -0.363 e. The summed E-state index contributed by atoms with van der Waals surface area (Å²) in [5.41, 5.74) is 0.939. The van der Waals surface area contributed by atoms with Crippen LogP contribution < -0.4 is 10.5 Å². The molecule has 1 aromatic rings. The molecule has 1 N–H and O–H groups in total. The molecule has 0 spiro atoms. The molecule has 15 heavy (non-hydrogen) atoms. The van der Waals surface area contributed by atoms with E-state index >= 15 is 0 Å². The number of H-pyrrole nitrogens is 1. The molecular formula is C11H15N3O. The van der Waals surface area contributed by atoms with Crippen molar-refractivity contribution in [3.63, 3.8) is 0 Å². The minimum absolute atomic E-state index is 0.0942. The molecule has 4 nitrogen and oxygen atoms in total. The summed E-state index contributed by atoms with van der Waals surface area (Å²) in [6.07, 6.45) is 4.17. The second kappa shape index (κ2) is 4.29. The number of unbranched alkanes of at least 4 members (excludes halogenated alkanes) is 1. The van der Waals surface area contributed by atoms with E-state index in [0.29, 0.717) is 5.82 Å². The molecule has 80 valence electrons. The maximum absolute atomic E-state index is 11.1. The fourth-order valence-corrected chi connectivity index (χ4v) is 1.70. The average molecular weight is 205 g/mol. The normalized spacial score (nSPS) is 14.1. The fraction of sp³-hybridized carbons (Fsp3) is 0.455. The summed E-state index contributed by atoms with van der Waals surface area (Å²) in [7, 11) is 0. The topological polar surface area (TPSA) is 48.5 Å². The Morgan fingerprint density at radius 3 is 3.20 bits per heavy atom. The van der Waals surface area contributed by atoms with Crippen molar-refractivity contribution in [3.05, 3.63) is 22.5 Å². The van der Waals surface area contributed by atoms with Crippen molar-refractivity contribution in [1.29, 1.82) is 0 Å². The van der Waals surface area contributed by atoms with E-state index in [1.165, 1.54) is 6.42 Å². The zero-order valence-electron chi connectivity index (χ0n) is 8.86. The van der Waals surface area contributed by atoms with Gasteiger partial charge in [-0.05, 0) is 12.5 Å². The van der Waals surface area contributed by atoms with Gasteiger partial charge in [0.1, 0.15) is 0 Å². The molecule has 1 aliphatic rings. The highest BCUT2D eigenvalue weighted by atomic mass is 16.1. The molecule has 0 fully saturated rings. The fourth-order valence-electron chi connectivity index (χ4n) is 1.70. The molecule has 0 aliphatic carbocycles. The van der Waals surface area contributed by atoms with E-state index in [1.54, 1.807) is 6.07 Å². The molecule has 1 aromatic heterocycles. The molecule has 0 radical (unpaired) electrons. The van der Waals surface area contributed by atoms with Crippen LogP contribution in [0.15, 0.2) is 21.9 Å². The summed E-state index contributed by atoms with van der Waals surface area (Å²) in [6, 6.07) is 3.40. The van der Waals surface area contributed by atoms with Crippen LogP contribution in [0.1, 0.15) is 19.8 Å². The highest BCUT2D eigenvalue weighted by Crippen LogP contribution is 2.26. The lowest BCUT2D eigenvalue weighted by molar-refractivity contribution is 0.750. The Hall–Kier alpha value is -1.58. The first-order valence-corrected chi connectivity index (χ1v) is 5.32. The van der Waals surface area contributed by atoms with Crippen LogP contribution in [-0.4, -0.2) is 24.3 Å². The number of fused-ring (bicyclic) bond motifs is 1. The third-order valence-electron chi connectivity index (χ3n) is 2.52. The predicted molar refractivity (Wildman–Crippen MR) is 62.3 cm³/mol. The number of hydrogen-bond acceptors (Lipinski definition) is 3. The molecule has 1 aliphatic heterocycles. The van der Waals surface area contributed by atoms with E-state index in [1.807, 2.05) is 12.3 Å². The molecule has 2 heterocycles. The van der Waals surface area contributed by atoms with Crippen LogP contribution in [0, 0.1) is 0 Å². The molecule has 2 rings (SSSR count). The van der Waals surface area contributed by atoms with Gasteiger partial charge in [-0.1, -0.05) is 13.3 Å². The number of nitrogens with zero attached hydrogens (tertiary/aromatic N) is 2. The summed E-state index contributed by atoms with van der Waals surface area (Å²) in [6.45, 7) is 4.02. The Bertz CT molecular complexity index is 422. The first kappa shape index (κ1) is 9.96. The highest BCUT2D eigenvalue weighted by Gasteiger charge is 2.13. The van der Waals surface area contributed by atoms with Gasteiger partial charge in [-0.3, -0.25) is 4.79 Å². The van der Waals surface area contributed by atoms with Crippen LogP contribution in [0.4, 0.5) is 11.5 Å². The summed E-state index contributed by atoms with van der Waals surface area (Å²) in [5, 5.41) is 0. The molecule has 0 bridgehead atoms. The van der Waals surface area contributed by atoms with Gasteiger partial charge in [0.15, 0.2) is 5.82 Å². The summed E-state index contributed by atoms with van der Waals surface area (Å²) < 4.78 is 0. The number of anilines is 1. The Morgan fingerprint density at radius 2 is 2.40 bits per heavy atom. The third kappa shape index (κ3) is 2.09. The van der Waals surface area contributed by atoms with Gasteiger partial charge in [0.25, 0.3) is 0 Å². The number of pyridine rings is 1. The lowest BCUT2D eigenvalue weighted by atomic mass is 10.2. The van der Waals surface area contributed by atoms with Crippen molar-refractivity contribution in [2.75, 3.05) is 18.0 Å². The molecule has 0 atom stereocenters. The number of aliphatic imine (C=N–C) groups is 1. The van der Waals surface area contributed by atoms with E-state index in [2.05, 4.69) is 21.8 Å². The average Bonchev–Trinajstić information content (AvgIpc) is 2.25. The first-order valence-electron chi connectivity index (χ1n) is 5.32. The Labute approximate surface area is 88.7 Å². The zero-order valence-corrected chi connectivity index (χ0v) is 8.86. The maximum Gasteiger partial charge on any atom is 0.249 e. The van der Waals surface area contributed by atoms with E-state index in [4.69, 9.17) is 0 Å². The molecule has 0 unspecified atom stereocenters. The van der Waals surface area contributed by atoms with Crippen molar-refractivity contribution in [3.8, 4) is 0 Å².